The maximum absolute atomic E-state index is 8.66. The van der Waals surface area contributed by atoms with Gasteiger partial charge >= 0.3 is 71.7 Å². The molecule has 0 aromatic carbocycles. The van der Waals surface area contributed by atoms with Crippen molar-refractivity contribution in [3.05, 3.63) is 0 Å². The van der Waals surface area contributed by atoms with Crippen LogP contribution < -0.4 is 68.7 Å². The summed E-state index contributed by atoms with van der Waals surface area (Å²) in [6, 6.07) is 0. The molecular formula is H8NaO18P4Pt2-3. The Morgan fingerprint density at radius 3 is 0.440 bits per heavy atom. The predicted molar refractivity (Wildman–Crippen MR) is 46.5 cm³/mol. The van der Waals surface area contributed by atoms with Crippen molar-refractivity contribution in [2.24, 2.45) is 0 Å². The molecule has 160 valence electrons. The summed E-state index contributed by atoms with van der Waals surface area (Å²) in [5, 5.41) is 0. The minimum Gasteiger partial charge on any atom is -0.790 e. The second kappa shape index (κ2) is 24.8. The molecule has 0 radical (unpaired) electrons. The Bertz CT molecular complexity index is 296. The van der Waals surface area contributed by atoms with Crippen LogP contribution in [0.3, 0.4) is 0 Å². The third kappa shape index (κ3) is 2180. The van der Waals surface area contributed by atoms with E-state index in [-0.39, 0.29) is 82.6 Å². The minimum atomic E-state index is -5.14. The van der Waals surface area contributed by atoms with Gasteiger partial charge in [-0.15, -0.1) is 0 Å². The van der Waals surface area contributed by atoms with Gasteiger partial charge in [-0.05, 0) is 0 Å². The molecule has 0 heterocycles. The Balaban J connectivity index is -0.0000000183. The van der Waals surface area contributed by atoms with Crippen molar-refractivity contribution in [1.82, 2.24) is 0 Å². The van der Waals surface area contributed by atoms with Gasteiger partial charge in [0.15, 0.2) is 0 Å². The molecule has 25 heteroatoms. The van der Waals surface area contributed by atoms with Crippen LogP contribution in [0.1, 0.15) is 0 Å². The molecule has 0 rings (SSSR count). The van der Waals surface area contributed by atoms with Gasteiger partial charge in [0.05, 0.1) is 31.3 Å². The van der Waals surface area contributed by atoms with E-state index in [2.05, 4.69) is 0 Å². The first-order valence-corrected chi connectivity index (χ1v) is 8.97. The quantitative estimate of drug-likeness (QED) is 0.130. The molecule has 0 aliphatic rings. The van der Waals surface area contributed by atoms with E-state index in [0.717, 1.165) is 0 Å². The largest absolute Gasteiger partial charge is 2.00 e. The third-order valence-electron chi connectivity index (χ3n) is 0. The molecule has 0 aliphatic carbocycles. The van der Waals surface area contributed by atoms with Gasteiger partial charge in [-0.2, -0.15) is 0 Å². The average molecular weight is 833 g/mol. The fraction of sp³-hybridized carbons (Fsp3) is 0. The Labute approximate surface area is 189 Å². The molecule has 0 spiro atoms. The van der Waals surface area contributed by atoms with Crippen LogP contribution in [-0.2, 0) is 60.4 Å². The first kappa shape index (κ1) is 56.5. The number of hydrogen-bond acceptors (Lipinski definition) is 12. The van der Waals surface area contributed by atoms with Gasteiger partial charge in [-0.3, -0.25) is 0 Å². The molecule has 0 atom stereocenters. The number of rotatable bonds is 0. The molecule has 0 unspecified atom stereocenters. The van der Waals surface area contributed by atoms with E-state index in [1.165, 1.54) is 0 Å². The van der Waals surface area contributed by atoms with E-state index < -0.39 is 31.3 Å². The molecule has 0 aliphatic heterocycles. The molecule has 0 fully saturated rings. The maximum atomic E-state index is 8.66. The summed E-state index contributed by atoms with van der Waals surface area (Å²) in [6.45, 7) is 0. The zero-order chi connectivity index (χ0) is 18.0. The van der Waals surface area contributed by atoms with E-state index in [9.17, 15) is 0 Å². The topological polar surface area (TPSA) is 397 Å². The standard InChI is InChI=1S/Na.4H3O4P.2H2O.2Pt/c;4*1-5(2,3)4;;;;/h;4*(H3,1,2,3,4);2*1H2;;/q+1;;;;;;;2*+2/p-8. The van der Waals surface area contributed by atoms with Gasteiger partial charge < -0.3 is 87.9 Å². The van der Waals surface area contributed by atoms with Crippen molar-refractivity contribution in [3.8, 4) is 0 Å². The van der Waals surface area contributed by atoms with E-state index in [1.807, 2.05) is 0 Å². The molecule has 0 bridgehead atoms. The van der Waals surface area contributed by atoms with E-state index in [4.69, 9.17) is 77.0 Å². The van der Waals surface area contributed by atoms with Crippen molar-refractivity contribution >= 4 is 31.3 Å². The normalized spacial score (nSPS) is 9.44. The number of hydrogen-bond donors (Lipinski definition) is 4. The molecule has 0 saturated heterocycles. The van der Waals surface area contributed by atoms with Crippen molar-refractivity contribution in [3.63, 3.8) is 0 Å². The van der Waals surface area contributed by atoms with Crippen molar-refractivity contribution in [2.45, 2.75) is 0 Å². The molecular weight excluding hydrogens is 825 g/mol. The van der Waals surface area contributed by atoms with Crippen LogP contribution in [0.2, 0.25) is 0 Å². The molecule has 0 saturated carbocycles. The number of phosphoric acid groups is 4. The first-order chi connectivity index (χ1) is 8.00. The fourth-order valence-corrected chi connectivity index (χ4v) is 0. The predicted octanol–water partition coefficient (Wildman–Crippen LogP) is -13.4. The zero-order valence-electron chi connectivity index (χ0n) is 11.1. The second-order valence-electron chi connectivity index (χ2n) is 1.87. The van der Waals surface area contributed by atoms with Crippen molar-refractivity contribution in [1.29, 1.82) is 0 Å². The minimum absolute atomic E-state index is 0. The van der Waals surface area contributed by atoms with Gasteiger partial charge in [0.2, 0.25) is 0 Å². The monoisotopic (exact) mass is 833 g/mol. The van der Waals surface area contributed by atoms with Crippen LogP contribution in [0.15, 0.2) is 0 Å². The zero-order valence-corrected chi connectivity index (χ0v) is 21.2. The van der Waals surface area contributed by atoms with Gasteiger partial charge in [0.25, 0.3) is 0 Å². The smallest absolute Gasteiger partial charge is 0.790 e. The average Bonchev–Trinajstić information content (AvgIpc) is 1.62. The van der Waals surface area contributed by atoms with Crippen LogP contribution in [0.5, 0.6) is 0 Å². The molecule has 8 N–H and O–H groups in total. The molecule has 18 nitrogen and oxygen atoms in total. The summed E-state index contributed by atoms with van der Waals surface area (Å²) in [6.07, 6.45) is 0. The van der Waals surface area contributed by atoms with Gasteiger partial charge in [0.1, 0.15) is 0 Å². The van der Waals surface area contributed by atoms with E-state index in [1.54, 1.807) is 0 Å². The summed E-state index contributed by atoms with van der Waals surface area (Å²) in [7, 11) is -20.6. The first-order valence-electron chi connectivity index (χ1n) is 2.99. The molecule has 0 aromatic rings. The van der Waals surface area contributed by atoms with Crippen LogP contribution in [-0.4, -0.2) is 30.5 Å². The van der Waals surface area contributed by atoms with E-state index >= 15 is 0 Å². The van der Waals surface area contributed by atoms with Gasteiger partial charge in [0, 0.05) is 0 Å². The Hall–Kier alpha value is 2.74. The van der Waals surface area contributed by atoms with Crippen molar-refractivity contribution < 1.29 is 160 Å². The summed E-state index contributed by atoms with van der Waals surface area (Å²) in [5.74, 6) is 0. The van der Waals surface area contributed by atoms with Crippen LogP contribution in [0.25, 0.3) is 0 Å². The Morgan fingerprint density at radius 1 is 0.440 bits per heavy atom. The van der Waals surface area contributed by atoms with Crippen LogP contribution in [0, 0.1) is 0 Å². The van der Waals surface area contributed by atoms with Gasteiger partial charge in [-0.1, -0.05) is 0 Å². The third-order valence-corrected chi connectivity index (χ3v) is 0. The summed E-state index contributed by atoms with van der Waals surface area (Å²) in [4.78, 5) is 97.1. The maximum Gasteiger partial charge on any atom is 2.00 e. The van der Waals surface area contributed by atoms with E-state index in [0.29, 0.717) is 0 Å². The summed E-state index contributed by atoms with van der Waals surface area (Å²) < 4.78 is 34.6. The van der Waals surface area contributed by atoms with Gasteiger partial charge in [-0.25, -0.2) is 0 Å². The summed E-state index contributed by atoms with van der Waals surface area (Å²) in [5.41, 5.74) is 0. The van der Waals surface area contributed by atoms with Crippen LogP contribution in [0.4, 0.5) is 0 Å². The van der Waals surface area contributed by atoms with Crippen molar-refractivity contribution in [2.75, 3.05) is 0 Å². The fourth-order valence-electron chi connectivity index (χ4n) is 0. The Morgan fingerprint density at radius 2 is 0.440 bits per heavy atom. The Kier molecular flexibility index (Phi) is 56.0. The van der Waals surface area contributed by atoms with Crippen LogP contribution >= 0.6 is 31.3 Å². The SMILES string of the molecule is O.O.O=P([O-])([O-])O.O=P([O-])([O-])O.O=P([O-])([O-])O.O=P([O-])([O-])O.[Na+].[Pt+2].[Pt+2]. The second-order valence-corrected chi connectivity index (χ2v) is 5.62. The summed E-state index contributed by atoms with van der Waals surface area (Å²) >= 11 is 0. The molecule has 0 aromatic heterocycles. The molecule has 25 heavy (non-hydrogen) atoms. The molecule has 0 amide bonds.